The number of aryl methyl sites for hydroxylation is 1. The van der Waals surface area contributed by atoms with Gasteiger partial charge in [-0.2, -0.15) is 0 Å². The lowest BCUT2D eigenvalue weighted by Gasteiger charge is -2.35. The number of hydrazine groups is 1. The Kier molecular flexibility index (Phi) is 12.2. The molecule has 15 heteroatoms. The molecule has 6 atom stereocenters. The number of esters is 1. The number of pyridine rings is 1. The van der Waals surface area contributed by atoms with Crippen LogP contribution in [0.3, 0.4) is 0 Å². The van der Waals surface area contributed by atoms with Crippen molar-refractivity contribution in [2.24, 2.45) is 17.3 Å². The van der Waals surface area contributed by atoms with Gasteiger partial charge in [-0.3, -0.25) is 29.3 Å². The molecule has 1 aromatic carbocycles. The molecule has 9 rings (SSSR count). The van der Waals surface area contributed by atoms with Gasteiger partial charge in [-0.05, 0) is 75.6 Å². The molecule has 2 amide bonds. The Bertz CT molecular complexity index is 2330. The highest BCUT2D eigenvalue weighted by atomic mass is 32.1. The van der Waals surface area contributed by atoms with Gasteiger partial charge in [-0.25, -0.2) is 10.4 Å². The van der Waals surface area contributed by atoms with E-state index in [-0.39, 0.29) is 42.8 Å². The number of amides is 2. The van der Waals surface area contributed by atoms with Gasteiger partial charge >= 0.3 is 5.97 Å². The molecular weight excluding hydrogens is 805 g/mol. The molecule has 1 saturated carbocycles. The number of hydrogen-bond donors (Lipinski definition) is 2. The van der Waals surface area contributed by atoms with Crippen molar-refractivity contribution in [2.75, 3.05) is 64.6 Å². The molecule has 4 aliphatic heterocycles. The Morgan fingerprint density at radius 1 is 1.15 bits per heavy atom. The molecule has 0 radical (unpaired) electrons. The van der Waals surface area contributed by atoms with E-state index >= 15 is 0 Å². The number of ether oxygens (including phenoxy) is 3. The molecule has 5 aliphatic rings. The van der Waals surface area contributed by atoms with Crippen molar-refractivity contribution >= 4 is 45.7 Å². The third-order valence-electron chi connectivity index (χ3n) is 13.7. The van der Waals surface area contributed by atoms with Gasteiger partial charge in [0.2, 0.25) is 5.91 Å². The number of methoxy groups -OCH3 is 1. The number of benzene rings is 1. The van der Waals surface area contributed by atoms with Gasteiger partial charge in [0.1, 0.15) is 12.1 Å². The highest BCUT2D eigenvalue weighted by molar-refractivity contribution is 7.10. The standard InChI is InChI=1S/C47H62N8O6S/c1-7-54-40-12-11-30-19-34(40)36(43(54)35-20-31(23-48-42(35)29(3)59-6)53-14-9-13-52-16-17-60-25-32(52)24-53)22-47(4,5)27-61-46(58)37-10-8-15-55(51-37)45(57)38(21-41-49-39(30)26-62-41)50-44(56)33-18-28(33)2/h11-12,19-20,23,26,28-29,32-33,37-38,51H,7-10,13-18,21-22,24-25,27H2,1-6H3,(H,50,56)/t28-,29-,32-,33-,37-,38-/m0/s1. The summed E-state index contributed by atoms with van der Waals surface area (Å²) >= 11 is 1.49. The fourth-order valence-electron chi connectivity index (χ4n) is 9.94. The van der Waals surface area contributed by atoms with Crippen LogP contribution >= 0.6 is 11.3 Å². The second-order valence-electron chi connectivity index (χ2n) is 18.8. The van der Waals surface area contributed by atoms with Gasteiger partial charge in [0.05, 0.1) is 65.9 Å². The van der Waals surface area contributed by atoms with Crippen LogP contribution in [0.2, 0.25) is 0 Å². The predicted molar refractivity (Wildman–Crippen MR) is 240 cm³/mol. The first-order chi connectivity index (χ1) is 29.9. The topological polar surface area (TPSA) is 143 Å². The van der Waals surface area contributed by atoms with E-state index in [2.05, 4.69) is 84.0 Å². The summed E-state index contributed by atoms with van der Waals surface area (Å²) in [5.41, 5.74) is 10.8. The molecule has 14 nitrogen and oxygen atoms in total. The molecule has 4 fully saturated rings. The molecule has 6 bridgehead atoms. The van der Waals surface area contributed by atoms with Crippen LogP contribution in [-0.4, -0.2) is 120 Å². The second kappa shape index (κ2) is 17.6. The van der Waals surface area contributed by atoms with Gasteiger partial charge in [0.25, 0.3) is 5.91 Å². The van der Waals surface area contributed by atoms with Crippen molar-refractivity contribution in [1.29, 1.82) is 0 Å². The number of rotatable bonds is 7. The summed E-state index contributed by atoms with van der Waals surface area (Å²) in [6.45, 7) is 17.3. The first-order valence-electron chi connectivity index (χ1n) is 22.7. The van der Waals surface area contributed by atoms with Crippen molar-refractivity contribution in [3.8, 4) is 22.5 Å². The van der Waals surface area contributed by atoms with Crippen LogP contribution in [0.25, 0.3) is 33.4 Å². The molecule has 0 spiro atoms. The second-order valence-corrected chi connectivity index (χ2v) is 19.8. The molecule has 3 saturated heterocycles. The number of hydrogen-bond acceptors (Lipinski definition) is 12. The van der Waals surface area contributed by atoms with Gasteiger partial charge in [-0.1, -0.05) is 26.8 Å². The summed E-state index contributed by atoms with van der Waals surface area (Å²) < 4.78 is 20.5. The molecule has 3 aromatic heterocycles. The Hall–Kier alpha value is -4.41. The Morgan fingerprint density at radius 3 is 2.77 bits per heavy atom. The predicted octanol–water partition coefficient (Wildman–Crippen LogP) is 5.77. The van der Waals surface area contributed by atoms with E-state index in [4.69, 9.17) is 24.2 Å². The summed E-state index contributed by atoms with van der Waals surface area (Å²) in [6.07, 6.45) is 5.65. The molecule has 62 heavy (non-hydrogen) atoms. The zero-order valence-electron chi connectivity index (χ0n) is 37.1. The summed E-state index contributed by atoms with van der Waals surface area (Å²) in [6, 6.07) is 7.70. The summed E-state index contributed by atoms with van der Waals surface area (Å²) in [5.74, 6) is -0.575. The minimum Gasteiger partial charge on any atom is -0.464 e. The van der Waals surface area contributed by atoms with E-state index in [0.717, 1.165) is 114 Å². The van der Waals surface area contributed by atoms with Crippen molar-refractivity contribution in [1.82, 2.24) is 35.2 Å². The molecule has 332 valence electrons. The number of thiazole rings is 1. The third kappa shape index (κ3) is 8.62. The number of carbonyl (C=O) groups is 3. The van der Waals surface area contributed by atoms with Crippen LogP contribution in [0.15, 0.2) is 35.8 Å². The summed E-state index contributed by atoms with van der Waals surface area (Å²) in [7, 11) is 1.73. The minimum atomic E-state index is -0.832. The molecular formula is C47H62N8O6S. The normalized spacial score (nSPS) is 26.3. The van der Waals surface area contributed by atoms with Gasteiger partial charge < -0.3 is 29.0 Å². The lowest BCUT2D eigenvalue weighted by atomic mass is 9.84. The fourth-order valence-corrected chi connectivity index (χ4v) is 10.8. The Labute approximate surface area is 368 Å². The third-order valence-corrected chi connectivity index (χ3v) is 14.6. The minimum absolute atomic E-state index is 0.0942. The smallest absolute Gasteiger partial charge is 0.324 e. The van der Waals surface area contributed by atoms with E-state index in [0.29, 0.717) is 37.8 Å². The Morgan fingerprint density at radius 2 is 1.98 bits per heavy atom. The van der Waals surface area contributed by atoms with E-state index in [1.54, 1.807) is 7.11 Å². The van der Waals surface area contributed by atoms with Crippen molar-refractivity contribution in [3.05, 3.63) is 52.1 Å². The number of anilines is 1. The molecule has 7 heterocycles. The largest absolute Gasteiger partial charge is 0.464 e. The molecule has 1 aliphatic carbocycles. The average Bonchev–Trinajstić information content (AvgIpc) is 3.81. The number of aromatic nitrogens is 3. The van der Waals surface area contributed by atoms with Gasteiger partial charge in [-0.15, -0.1) is 11.3 Å². The van der Waals surface area contributed by atoms with Crippen LogP contribution in [0.5, 0.6) is 0 Å². The summed E-state index contributed by atoms with van der Waals surface area (Å²) in [4.78, 5) is 56.7. The fraction of sp³-hybridized carbons (Fsp3) is 0.596. The van der Waals surface area contributed by atoms with Crippen LogP contribution in [-0.2, 0) is 48.0 Å². The number of nitrogens with one attached hydrogen (secondary N) is 2. The zero-order valence-corrected chi connectivity index (χ0v) is 37.9. The molecule has 0 unspecified atom stereocenters. The lowest BCUT2D eigenvalue weighted by molar-refractivity contribution is -0.155. The van der Waals surface area contributed by atoms with Crippen LogP contribution in [0, 0.1) is 17.3 Å². The van der Waals surface area contributed by atoms with E-state index in [1.165, 1.54) is 16.3 Å². The highest BCUT2D eigenvalue weighted by Crippen LogP contribution is 2.43. The number of fused-ring (bicyclic) bond motifs is 7. The SMILES string of the molecule is CCn1c(-c2cc(N3CCCN4CCOC[C@@H]4C3)cnc2[C@H](C)OC)c2c3cc(ccc31)-c1csc(n1)C[C@H](NC(=O)[C@H]1C[C@@H]1C)C(=O)N1CCC[C@H](N1)C(=O)OCC(C)(C)C2. The molecule has 4 aromatic rings. The lowest BCUT2D eigenvalue weighted by Crippen LogP contribution is -2.60. The summed E-state index contributed by atoms with van der Waals surface area (Å²) in [5, 5.41) is 8.47. The number of carbonyl (C=O) groups excluding carboxylic acids is 3. The van der Waals surface area contributed by atoms with Crippen molar-refractivity contribution in [2.45, 2.75) is 104 Å². The first kappa shape index (κ1) is 42.9. The Balaban J connectivity index is 1.16. The van der Waals surface area contributed by atoms with Crippen molar-refractivity contribution in [3.63, 3.8) is 0 Å². The average molecular weight is 867 g/mol. The van der Waals surface area contributed by atoms with Gasteiger partial charge in [0, 0.05) is 91.5 Å². The van der Waals surface area contributed by atoms with E-state index < -0.39 is 17.5 Å². The highest BCUT2D eigenvalue weighted by Gasteiger charge is 2.42. The maximum Gasteiger partial charge on any atom is 0.324 e. The maximum absolute atomic E-state index is 14.2. The van der Waals surface area contributed by atoms with Crippen LogP contribution < -0.4 is 15.6 Å². The maximum atomic E-state index is 14.2. The monoisotopic (exact) mass is 866 g/mol. The quantitative estimate of drug-likeness (QED) is 0.219. The van der Waals surface area contributed by atoms with E-state index in [1.807, 2.05) is 11.6 Å². The molecule has 2 N–H and O–H groups in total. The van der Waals surface area contributed by atoms with E-state index in [9.17, 15) is 14.4 Å². The van der Waals surface area contributed by atoms with Gasteiger partial charge in [0.15, 0.2) is 0 Å². The van der Waals surface area contributed by atoms with Crippen molar-refractivity contribution < 1.29 is 28.6 Å². The van der Waals surface area contributed by atoms with Crippen LogP contribution in [0.4, 0.5) is 5.69 Å². The van der Waals surface area contributed by atoms with Crippen LogP contribution in [0.1, 0.15) is 82.7 Å². The number of cyclic esters (lactones) is 1. The zero-order chi connectivity index (χ0) is 43.3. The number of nitrogens with zero attached hydrogens (tertiary/aromatic N) is 6. The first-order valence-corrected chi connectivity index (χ1v) is 23.5. The number of morpholine rings is 1.